The quantitative estimate of drug-likeness (QED) is 0.776. The van der Waals surface area contributed by atoms with E-state index in [2.05, 4.69) is 52.7 Å². The molecule has 1 aromatic carbocycles. The molecule has 0 spiro atoms. The minimum atomic E-state index is 0.0761. The SMILES string of the molecule is CC(C)(C)CC(Nc1nnnn1-c1ccccc1)c1cccnc1. The van der Waals surface area contributed by atoms with Gasteiger partial charge in [-0.25, -0.2) is 0 Å². The third-order valence-electron chi connectivity index (χ3n) is 3.68. The molecule has 3 rings (SSSR count). The number of pyridine rings is 1. The molecule has 0 aliphatic rings. The van der Waals surface area contributed by atoms with Gasteiger partial charge in [-0.15, -0.1) is 0 Å². The van der Waals surface area contributed by atoms with E-state index in [9.17, 15) is 0 Å². The van der Waals surface area contributed by atoms with Crippen molar-refractivity contribution in [2.75, 3.05) is 5.32 Å². The first-order valence-electron chi connectivity index (χ1n) is 8.03. The second kappa shape index (κ2) is 6.78. The molecule has 0 radical (unpaired) electrons. The van der Waals surface area contributed by atoms with E-state index in [0.717, 1.165) is 17.7 Å². The lowest BCUT2D eigenvalue weighted by Crippen LogP contribution is -2.20. The van der Waals surface area contributed by atoms with Gasteiger partial charge in [-0.3, -0.25) is 4.98 Å². The van der Waals surface area contributed by atoms with Crippen LogP contribution in [0.1, 0.15) is 38.8 Å². The Kier molecular flexibility index (Phi) is 4.55. The highest BCUT2D eigenvalue weighted by molar-refractivity contribution is 5.40. The molecule has 24 heavy (non-hydrogen) atoms. The summed E-state index contributed by atoms with van der Waals surface area (Å²) in [5.74, 6) is 0.624. The molecule has 6 heteroatoms. The number of rotatable bonds is 5. The lowest BCUT2D eigenvalue weighted by atomic mass is 9.86. The molecule has 1 unspecified atom stereocenters. The zero-order valence-corrected chi connectivity index (χ0v) is 14.2. The van der Waals surface area contributed by atoms with Crippen LogP contribution in [0, 0.1) is 5.41 Å². The molecule has 0 aliphatic heterocycles. The van der Waals surface area contributed by atoms with Crippen LogP contribution in [-0.2, 0) is 0 Å². The summed E-state index contributed by atoms with van der Waals surface area (Å²) in [4.78, 5) is 4.25. The van der Waals surface area contributed by atoms with Crippen LogP contribution in [0.3, 0.4) is 0 Å². The second-order valence-corrected chi connectivity index (χ2v) is 7.00. The van der Waals surface area contributed by atoms with Gasteiger partial charge in [0, 0.05) is 12.4 Å². The Morgan fingerprint density at radius 3 is 2.54 bits per heavy atom. The molecule has 2 heterocycles. The van der Waals surface area contributed by atoms with Crippen molar-refractivity contribution in [3.8, 4) is 5.69 Å². The standard InChI is InChI=1S/C18H22N6/c1-18(2,3)12-16(14-8-7-11-19-13-14)20-17-21-22-23-24(17)15-9-5-4-6-10-15/h4-11,13,16H,12H2,1-3H3,(H,20,21,23). The molecular weight excluding hydrogens is 300 g/mol. The Morgan fingerprint density at radius 1 is 1.08 bits per heavy atom. The van der Waals surface area contributed by atoms with Gasteiger partial charge >= 0.3 is 0 Å². The number of hydrogen-bond donors (Lipinski definition) is 1. The van der Waals surface area contributed by atoms with Gasteiger partial charge in [0.2, 0.25) is 5.95 Å². The predicted octanol–water partition coefficient (Wildman–Crippen LogP) is 3.65. The fourth-order valence-corrected chi connectivity index (χ4v) is 2.62. The molecule has 6 nitrogen and oxygen atoms in total. The van der Waals surface area contributed by atoms with E-state index in [-0.39, 0.29) is 11.5 Å². The molecule has 124 valence electrons. The maximum Gasteiger partial charge on any atom is 0.248 e. The van der Waals surface area contributed by atoms with Crippen LogP contribution in [-0.4, -0.2) is 25.2 Å². The molecule has 1 atom stereocenters. The number of aromatic nitrogens is 5. The van der Waals surface area contributed by atoms with Gasteiger partial charge in [0.1, 0.15) is 0 Å². The summed E-state index contributed by atoms with van der Waals surface area (Å²) in [5, 5.41) is 15.6. The highest BCUT2D eigenvalue weighted by Gasteiger charge is 2.22. The number of para-hydroxylation sites is 1. The highest BCUT2D eigenvalue weighted by Crippen LogP contribution is 2.31. The molecule has 0 amide bonds. The van der Waals surface area contributed by atoms with Crippen LogP contribution in [0.5, 0.6) is 0 Å². The van der Waals surface area contributed by atoms with Crippen molar-refractivity contribution in [1.82, 2.24) is 25.2 Å². The molecule has 1 N–H and O–H groups in total. The van der Waals surface area contributed by atoms with Gasteiger partial charge in [-0.1, -0.05) is 50.1 Å². The first-order valence-corrected chi connectivity index (χ1v) is 8.03. The van der Waals surface area contributed by atoms with Crippen molar-refractivity contribution in [3.05, 3.63) is 60.4 Å². The minimum Gasteiger partial charge on any atom is -0.346 e. The van der Waals surface area contributed by atoms with Gasteiger partial charge in [-0.05, 0) is 46.0 Å². The van der Waals surface area contributed by atoms with E-state index in [1.807, 2.05) is 42.6 Å². The Bertz CT molecular complexity index is 761. The number of nitrogens with zero attached hydrogens (tertiary/aromatic N) is 5. The van der Waals surface area contributed by atoms with Crippen molar-refractivity contribution in [1.29, 1.82) is 0 Å². The molecule has 2 aromatic heterocycles. The highest BCUT2D eigenvalue weighted by atomic mass is 15.6. The fourth-order valence-electron chi connectivity index (χ4n) is 2.62. The summed E-state index contributed by atoms with van der Waals surface area (Å²) < 4.78 is 1.71. The average Bonchev–Trinajstić information content (AvgIpc) is 3.03. The lowest BCUT2D eigenvalue weighted by molar-refractivity contribution is 0.351. The normalized spacial score (nSPS) is 12.8. The monoisotopic (exact) mass is 322 g/mol. The van der Waals surface area contributed by atoms with Gasteiger partial charge in [0.05, 0.1) is 11.7 Å². The second-order valence-electron chi connectivity index (χ2n) is 7.00. The molecular formula is C18H22N6. The first-order chi connectivity index (χ1) is 11.5. The van der Waals surface area contributed by atoms with Gasteiger partial charge in [0.25, 0.3) is 0 Å². The Morgan fingerprint density at radius 2 is 1.88 bits per heavy atom. The summed E-state index contributed by atoms with van der Waals surface area (Å²) in [6, 6.07) is 14.0. The van der Waals surface area contributed by atoms with Crippen molar-refractivity contribution in [2.45, 2.75) is 33.2 Å². The first kappa shape index (κ1) is 16.1. The van der Waals surface area contributed by atoms with Crippen molar-refractivity contribution >= 4 is 5.95 Å². The maximum absolute atomic E-state index is 4.25. The van der Waals surface area contributed by atoms with E-state index in [0.29, 0.717) is 5.95 Å². The van der Waals surface area contributed by atoms with Crippen molar-refractivity contribution in [2.24, 2.45) is 5.41 Å². The largest absolute Gasteiger partial charge is 0.346 e. The number of anilines is 1. The Labute approximate surface area is 141 Å². The zero-order chi connectivity index (χ0) is 17.0. The predicted molar refractivity (Wildman–Crippen MR) is 93.8 cm³/mol. The number of benzene rings is 1. The van der Waals surface area contributed by atoms with E-state index >= 15 is 0 Å². The van der Waals surface area contributed by atoms with Crippen LogP contribution in [0.2, 0.25) is 0 Å². The van der Waals surface area contributed by atoms with E-state index in [1.165, 1.54) is 0 Å². The molecule has 0 saturated heterocycles. The molecule has 0 saturated carbocycles. The van der Waals surface area contributed by atoms with Gasteiger partial charge < -0.3 is 5.32 Å². The van der Waals surface area contributed by atoms with E-state index < -0.39 is 0 Å². The van der Waals surface area contributed by atoms with Crippen LogP contribution < -0.4 is 5.32 Å². The van der Waals surface area contributed by atoms with Crippen molar-refractivity contribution < 1.29 is 0 Å². The Balaban J connectivity index is 1.90. The minimum absolute atomic E-state index is 0.0761. The number of nitrogens with one attached hydrogen (secondary N) is 1. The summed E-state index contributed by atoms with van der Waals surface area (Å²) >= 11 is 0. The average molecular weight is 322 g/mol. The van der Waals surface area contributed by atoms with Crippen LogP contribution in [0.15, 0.2) is 54.9 Å². The third-order valence-corrected chi connectivity index (χ3v) is 3.68. The van der Waals surface area contributed by atoms with Crippen LogP contribution in [0.4, 0.5) is 5.95 Å². The summed E-state index contributed by atoms with van der Waals surface area (Å²) in [7, 11) is 0. The smallest absolute Gasteiger partial charge is 0.248 e. The zero-order valence-electron chi connectivity index (χ0n) is 14.2. The number of hydrogen-bond acceptors (Lipinski definition) is 5. The molecule has 3 aromatic rings. The summed E-state index contributed by atoms with van der Waals surface area (Å²) in [5.41, 5.74) is 2.19. The van der Waals surface area contributed by atoms with Crippen LogP contribution >= 0.6 is 0 Å². The summed E-state index contributed by atoms with van der Waals surface area (Å²) in [6.45, 7) is 6.66. The fraction of sp³-hybridized carbons (Fsp3) is 0.333. The maximum atomic E-state index is 4.25. The topological polar surface area (TPSA) is 68.5 Å². The van der Waals surface area contributed by atoms with Crippen molar-refractivity contribution in [3.63, 3.8) is 0 Å². The van der Waals surface area contributed by atoms with E-state index in [1.54, 1.807) is 10.9 Å². The van der Waals surface area contributed by atoms with Crippen LogP contribution in [0.25, 0.3) is 5.69 Å². The van der Waals surface area contributed by atoms with E-state index in [4.69, 9.17) is 0 Å². The molecule has 0 aliphatic carbocycles. The molecule has 0 fully saturated rings. The summed E-state index contributed by atoms with van der Waals surface area (Å²) in [6.07, 6.45) is 4.60. The lowest BCUT2D eigenvalue weighted by Gasteiger charge is -2.27. The van der Waals surface area contributed by atoms with Gasteiger partial charge in [-0.2, -0.15) is 4.68 Å². The number of tetrazole rings is 1. The molecule has 0 bridgehead atoms. The Hall–Kier alpha value is -2.76. The third kappa shape index (κ3) is 3.95. The van der Waals surface area contributed by atoms with Gasteiger partial charge in [0.15, 0.2) is 0 Å².